The van der Waals surface area contributed by atoms with E-state index in [1.54, 1.807) is 0 Å². The van der Waals surface area contributed by atoms with Crippen molar-refractivity contribution in [3.05, 3.63) is 243 Å². The molecule has 4 heterocycles. The maximum Gasteiger partial charge on any atom is 0.167 e. The fourth-order valence-corrected chi connectivity index (χ4v) is 11.6. The van der Waals surface area contributed by atoms with E-state index in [-0.39, 0.29) is 0 Å². The van der Waals surface area contributed by atoms with Crippen molar-refractivity contribution in [3.8, 4) is 62.1 Å². The van der Waals surface area contributed by atoms with E-state index in [2.05, 4.69) is 211 Å². The summed E-state index contributed by atoms with van der Waals surface area (Å²) in [7, 11) is 0. The van der Waals surface area contributed by atoms with Crippen LogP contribution in [0.5, 0.6) is 0 Å². The Morgan fingerprint density at radius 2 is 0.813 bits per heavy atom. The van der Waals surface area contributed by atoms with Crippen LogP contribution in [0, 0.1) is 0 Å². The van der Waals surface area contributed by atoms with Gasteiger partial charge in [-0.15, -0.1) is 0 Å². The third kappa shape index (κ3) is 6.56. The van der Waals surface area contributed by atoms with Crippen LogP contribution in [-0.4, -0.2) is 19.5 Å². The van der Waals surface area contributed by atoms with E-state index in [4.69, 9.17) is 23.8 Å². The van der Waals surface area contributed by atoms with Crippen molar-refractivity contribution in [1.29, 1.82) is 0 Å². The average Bonchev–Trinajstić information content (AvgIpc) is 4.20. The minimum atomic E-state index is 0.519. The lowest BCUT2D eigenvalue weighted by Gasteiger charge is -2.16. The molecule has 75 heavy (non-hydrogen) atoms. The first kappa shape index (κ1) is 41.4. The summed E-state index contributed by atoms with van der Waals surface area (Å²) in [5.41, 5.74) is 13.3. The van der Waals surface area contributed by atoms with E-state index in [9.17, 15) is 0 Å². The van der Waals surface area contributed by atoms with Gasteiger partial charge in [-0.25, -0.2) is 15.0 Å². The molecule has 0 saturated heterocycles. The molecule has 4 aromatic heterocycles. The summed E-state index contributed by atoms with van der Waals surface area (Å²) < 4.78 is 16.1. The predicted octanol–water partition coefficient (Wildman–Crippen LogP) is 18.6. The molecule has 16 rings (SSSR count). The summed E-state index contributed by atoms with van der Waals surface area (Å²) in [4.78, 5) is 16.0. The van der Waals surface area contributed by atoms with Gasteiger partial charge in [0.25, 0.3) is 0 Å². The molecule has 12 aromatic carbocycles. The van der Waals surface area contributed by atoms with Crippen LogP contribution in [0.1, 0.15) is 0 Å². The van der Waals surface area contributed by atoms with Crippen molar-refractivity contribution in [2.75, 3.05) is 0 Å². The summed E-state index contributed by atoms with van der Waals surface area (Å²) in [5.74, 6) is 1.61. The van der Waals surface area contributed by atoms with Crippen molar-refractivity contribution in [3.63, 3.8) is 0 Å². The molecule has 0 aliphatic carbocycles. The zero-order valence-electron chi connectivity index (χ0n) is 40.2. The first-order chi connectivity index (χ1) is 37.1. The SMILES string of the molecule is c1ccc(-c2ccc(-c3cc4c(cc3-n3c5cc6ccccc6cc5c5cc6ccccc6cc53)oc3cccc(-c5nc(-c6ccc7ccccc7c6)nc(-c6cccc7c6oc6ccccc67)n5)c34)cc2)cc1. The van der Waals surface area contributed by atoms with Gasteiger partial charge in [0.15, 0.2) is 17.5 Å². The summed E-state index contributed by atoms with van der Waals surface area (Å²) >= 11 is 0. The third-order valence-electron chi connectivity index (χ3n) is 15.2. The maximum absolute atomic E-state index is 7.06. The van der Waals surface area contributed by atoms with E-state index < -0.39 is 0 Å². The molecule has 16 aromatic rings. The van der Waals surface area contributed by atoms with Crippen LogP contribution < -0.4 is 0 Å². The van der Waals surface area contributed by atoms with Crippen molar-refractivity contribution in [2.45, 2.75) is 0 Å². The van der Waals surface area contributed by atoms with Crippen LogP contribution in [0.4, 0.5) is 0 Å². The fraction of sp³-hybridized carbons (Fsp3) is 0. The molecule has 0 spiro atoms. The van der Waals surface area contributed by atoms with Crippen LogP contribution in [0.3, 0.4) is 0 Å². The standard InChI is InChI=1S/C69H40N4O2/c1-2-14-41(15-3-1)43-28-31-44(32-29-43)55-39-58-64(40-61(55)73-59-37-48-20-8-6-18-46(48)35-56(59)57-36-47-19-7-9-21-49(47)38-60(57)73)74-63-27-13-24-53(65(58)63)68-70-67(50-33-30-42-16-4-5-17-45(42)34-50)71-69(72-68)54-25-12-23-52-51-22-10-11-26-62(51)75-66(52)54/h1-40H. The summed E-state index contributed by atoms with van der Waals surface area (Å²) in [6.45, 7) is 0. The molecule has 0 aliphatic rings. The molecule has 0 atom stereocenters. The van der Waals surface area contributed by atoms with Gasteiger partial charge in [-0.1, -0.05) is 182 Å². The van der Waals surface area contributed by atoms with Gasteiger partial charge in [-0.3, -0.25) is 0 Å². The highest BCUT2D eigenvalue weighted by Gasteiger charge is 2.24. The number of hydrogen-bond acceptors (Lipinski definition) is 5. The van der Waals surface area contributed by atoms with Gasteiger partial charge >= 0.3 is 0 Å². The molecule has 0 fully saturated rings. The Labute approximate surface area is 429 Å². The quantitative estimate of drug-likeness (QED) is 0.166. The van der Waals surface area contributed by atoms with Crippen LogP contribution in [-0.2, 0) is 0 Å². The van der Waals surface area contributed by atoms with E-state index in [0.29, 0.717) is 17.5 Å². The third-order valence-corrected chi connectivity index (χ3v) is 15.2. The molecule has 0 amide bonds. The molecule has 0 radical (unpaired) electrons. The van der Waals surface area contributed by atoms with E-state index in [0.717, 1.165) is 105 Å². The van der Waals surface area contributed by atoms with E-state index in [1.165, 1.54) is 37.9 Å². The van der Waals surface area contributed by atoms with Crippen molar-refractivity contribution in [1.82, 2.24) is 19.5 Å². The zero-order chi connectivity index (χ0) is 49.1. The molecule has 0 saturated carbocycles. The topological polar surface area (TPSA) is 69.9 Å². The van der Waals surface area contributed by atoms with Crippen LogP contribution in [0.25, 0.3) is 160 Å². The van der Waals surface area contributed by atoms with Crippen LogP contribution in [0.2, 0.25) is 0 Å². The summed E-state index contributed by atoms with van der Waals surface area (Å²) in [6.07, 6.45) is 0. The zero-order valence-corrected chi connectivity index (χ0v) is 40.2. The monoisotopic (exact) mass is 956 g/mol. The van der Waals surface area contributed by atoms with Crippen LogP contribution in [0.15, 0.2) is 251 Å². The van der Waals surface area contributed by atoms with E-state index in [1.807, 2.05) is 36.4 Å². The smallest absolute Gasteiger partial charge is 0.167 e. The molecule has 0 N–H and O–H groups in total. The Morgan fingerprint density at radius 1 is 0.280 bits per heavy atom. The second-order valence-corrected chi connectivity index (χ2v) is 19.5. The van der Waals surface area contributed by atoms with Gasteiger partial charge in [0.1, 0.15) is 22.3 Å². The Bertz CT molecular complexity index is 4910. The molecule has 0 bridgehead atoms. The molecule has 348 valence electrons. The number of benzene rings is 12. The molecular formula is C69H40N4O2. The summed E-state index contributed by atoms with van der Waals surface area (Å²) in [6, 6.07) is 86.0. The number of fused-ring (bicyclic) bond motifs is 12. The van der Waals surface area contributed by atoms with Crippen molar-refractivity contribution in [2.24, 2.45) is 0 Å². The average molecular weight is 957 g/mol. The van der Waals surface area contributed by atoms with Gasteiger partial charge in [0.05, 0.1) is 22.3 Å². The molecule has 6 heteroatoms. The number of nitrogens with zero attached hydrogens (tertiary/aromatic N) is 4. The highest BCUT2D eigenvalue weighted by molar-refractivity contribution is 6.19. The van der Waals surface area contributed by atoms with Gasteiger partial charge in [-0.2, -0.15) is 0 Å². The lowest BCUT2D eigenvalue weighted by Crippen LogP contribution is -2.01. The number of hydrogen-bond donors (Lipinski definition) is 0. The Balaban J connectivity index is 0.974. The normalized spacial score (nSPS) is 12.0. The Kier molecular flexibility index (Phi) is 8.94. The minimum Gasteiger partial charge on any atom is -0.456 e. The lowest BCUT2D eigenvalue weighted by molar-refractivity contribution is 0.668. The molecule has 6 nitrogen and oxygen atoms in total. The van der Waals surface area contributed by atoms with Crippen molar-refractivity contribution >= 4 is 98.0 Å². The number of rotatable bonds is 6. The second-order valence-electron chi connectivity index (χ2n) is 19.5. The van der Waals surface area contributed by atoms with Crippen LogP contribution >= 0.6 is 0 Å². The Hall–Kier alpha value is -10.2. The molecule has 0 unspecified atom stereocenters. The van der Waals surface area contributed by atoms with E-state index >= 15 is 0 Å². The number of aromatic nitrogens is 4. The van der Waals surface area contributed by atoms with Gasteiger partial charge in [0.2, 0.25) is 0 Å². The largest absolute Gasteiger partial charge is 0.456 e. The van der Waals surface area contributed by atoms with Gasteiger partial charge in [0, 0.05) is 55.1 Å². The predicted molar refractivity (Wildman–Crippen MR) is 308 cm³/mol. The number of para-hydroxylation sites is 2. The highest BCUT2D eigenvalue weighted by Crippen LogP contribution is 2.45. The summed E-state index contributed by atoms with van der Waals surface area (Å²) in [5, 5.41) is 13.3. The second kappa shape index (κ2) is 16.2. The maximum atomic E-state index is 7.06. The lowest BCUT2D eigenvalue weighted by atomic mass is 9.96. The fourth-order valence-electron chi connectivity index (χ4n) is 11.6. The molecular weight excluding hydrogens is 917 g/mol. The van der Waals surface area contributed by atoms with Gasteiger partial charge in [-0.05, 0) is 104 Å². The van der Waals surface area contributed by atoms with Crippen molar-refractivity contribution < 1.29 is 8.83 Å². The number of furan rings is 2. The highest BCUT2D eigenvalue weighted by atomic mass is 16.3. The molecule has 0 aliphatic heterocycles. The minimum absolute atomic E-state index is 0.519. The first-order valence-corrected chi connectivity index (χ1v) is 25.3. The Morgan fingerprint density at radius 3 is 1.55 bits per heavy atom. The first-order valence-electron chi connectivity index (χ1n) is 25.3. The van der Waals surface area contributed by atoms with Gasteiger partial charge < -0.3 is 13.4 Å².